The molecule has 0 radical (unpaired) electrons. The van der Waals surface area contributed by atoms with Gasteiger partial charge in [-0.3, -0.25) is 4.90 Å². The molecule has 0 saturated carbocycles. The van der Waals surface area contributed by atoms with Crippen LogP contribution in [0.25, 0.3) is 11.0 Å². The van der Waals surface area contributed by atoms with Crippen LogP contribution in [0, 0.1) is 5.92 Å². The zero-order chi connectivity index (χ0) is 18.2. The summed E-state index contributed by atoms with van der Waals surface area (Å²) in [7, 11) is 1.89. The van der Waals surface area contributed by atoms with E-state index in [1.807, 2.05) is 13.2 Å². The van der Waals surface area contributed by atoms with Gasteiger partial charge in [-0.25, -0.2) is 4.98 Å². The molecule has 4 atom stereocenters. The number of rotatable bonds is 5. The third kappa shape index (κ3) is 3.17. The number of ether oxygens (including phenoxy) is 1. The highest BCUT2D eigenvalue weighted by atomic mass is 16.5. The molecule has 3 heterocycles. The Morgan fingerprint density at radius 2 is 1.89 bits per heavy atom. The van der Waals surface area contributed by atoms with Gasteiger partial charge in [0.15, 0.2) is 0 Å². The van der Waals surface area contributed by atoms with E-state index in [4.69, 9.17) is 9.72 Å². The fourth-order valence-corrected chi connectivity index (χ4v) is 5.34. The summed E-state index contributed by atoms with van der Waals surface area (Å²) in [5.74, 6) is 1.67. The Labute approximate surface area is 160 Å². The van der Waals surface area contributed by atoms with E-state index in [2.05, 4.69) is 58.4 Å². The van der Waals surface area contributed by atoms with Crippen molar-refractivity contribution in [2.45, 2.75) is 50.4 Å². The number of nitrogens with zero attached hydrogens (tertiary/aromatic N) is 2. The van der Waals surface area contributed by atoms with Gasteiger partial charge in [0.1, 0.15) is 5.82 Å². The molecule has 2 saturated heterocycles. The highest BCUT2D eigenvalue weighted by Crippen LogP contribution is 2.42. The predicted molar refractivity (Wildman–Crippen MR) is 107 cm³/mol. The van der Waals surface area contributed by atoms with Crippen LogP contribution in [0.3, 0.4) is 0 Å². The minimum Gasteiger partial charge on any atom is -0.380 e. The molecule has 2 aliphatic rings. The molecule has 5 rings (SSSR count). The number of aromatic amines is 1. The zero-order valence-corrected chi connectivity index (χ0v) is 15.8. The predicted octanol–water partition coefficient (Wildman–Crippen LogP) is 4.17. The second kappa shape index (κ2) is 7.10. The van der Waals surface area contributed by atoms with Gasteiger partial charge in [0.2, 0.25) is 0 Å². The molecule has 1 N–H and O–H groups in total. The van der Waals surface area contributed by atoms with Crippen LogP contribution in [0.1, 0.15) is 30.7 Å². The highest BCUT2D eigenvalue weighted by molar-refractivity contribution is 5.74. The van der Waals surface area contributed by atoms with Crippen molar-refractivity contribution in [3.63, 3.8) is 0 Å². The third-order valence-electron chi connectivity index (χ3n) is 6.49. The van der Waals surface area contributed by atoms with Gasteiger partial charge in [0.25, 0.3) is 0 Å². The molecule has 0 amide bonds. The maximum Gasteiger partial charge on any atom is 0.121 e. The van der Waals surface area contributed by atoms with Crippen molar-refractivity contribution in [3.05, 3.63) is 66.0 Å². The summed E-state index contributed by atoms with van der Waals surface area (Å²) >= 11 is 0. The van der Waals surface area contributed by atoms with Crippen LogP contribution in [-0.2, 0) is 17.7 Å². The van der Waals surface area contributed by atoms with E-state index in [9.17, 15) is 0 Å². The molecule has 3 aromatic rings. The molecule has 140 valence electrons. The smallest absolute Gasteiger partial charge is 0.121 e. The number of imidazole rings is 1. The summed E-state index contributed by atoms with van der Waals surface area (Å²) in [6, 6.07) is 20.3. The quantitative estimate of drug-likeness (QED) is 0.741. The molecule has 2 aliphatic heterocycles. The van der Waals surface area contributed by atoms with Crippen LogP contribution in [0.15, 0.2) is 54.6 Å². The van der Waals surface area contributed by atoms with Crippen LogP contribution >= 0.6 is 0 Å². The van der Waals surface area contributed by atoms with Gasteiger partial charge in [0, 0.05) is 19.2 Å². The van der Waals surface area contributed by atoms with Gasteiger partial charge < -0.3 is 9.72 Å². The minimum atomic E-state index is 0.299. The maximum atomic E-state index is 6.06. The van der Waals surface area contributed by atoms with E-state index in [0.29, 0.717) is 24.1 Å². The fourth-order valence-electron chi connectivity index (χ4n) is 5.34. The van der Waals surface area contributed by atoms with Crippen molar-refractivity contribution in [2.75, 3.05) is 7.11 Å². The molecule has 0 aliphatic carbocycles. The van der Waals surface area contributed by atoms with Crippen molar-refractivity contribution in [3.8, 4) is 0 Å². The van der Waals surface area contributed by atoms with Crippen LogP contribution in [-0.4, -0.2) is 40.2 Å². The Morgan fingerprint density at radius 1 is 1.07 bits per heavy atom. The number of hydrogen-bond donors (Lipinski definition) is 1. The number of methoxy groups -OCH3 is 1. The first-order valence-corrected chi connectivity index (χ1v) is 10.1. The normalized spacial score (nSPS) is 28.0. The lowest BCUT2D eigenvalue weighted by Gasteiger charge is -2.44. The number of piperidine rings is 1. The van der Waals surface area contributed by atoms with Crippen LogP contribution in [0.2, 0.25) is 0 Å². The van der Waals surface area contributed by atoms with Gasteiger partial charge in [-0.2, -0.15) is 0 Å². The zero-order valence-electron chi connectivity index (χ0n) is 15.8. The van der Waals surface area contributed by atoms with E-state index in [-0.39, 0.29) is 0 Å². The van der Waals surface area contributed by atoms with Gasteiger partial charge in [0.05, 0.1) is 23.7 Å². The van der Waals surface area contributed by atoms with E-state index in [1.54, 1.807) is 0 Å². The Morgan fingerprint density at radius 3 is 2.70 bits per heavy atom. The Bertz CT molecular complexity index is 873. The Balaban J connectivity index is 1.35. The van der Waals surface area contributed by atoms with Crippen LogP contribution in [0.5, 0.6) is 0 Å². The number of aromatic nitrogens is 2. The SMILES string of the molecule is CO[C@H]1[C@@H](Cc2ccccc2)C[C@@H]2CC[C@H]1N2Cc1nc2ccccc2[nH]1. The van der Waals surface area contributed by atoms with E-state index in [1.165, 1.54) is 24.8 Å². The molecule has 4 nitrogen and oxygen atoms in total. The lowest BCUT2D eigenvalue weighted by molar-refractivity contribution is -0.0573. The molecule has 0 unspecified atom stereocenters. The average Bonchev–Trinajstić information content (AvgIpc) is 3.22. The van der Waals surface area contributed by atoms with Gasteiger partial charge >= 0.3 is 0 Å². The van der Waals surface area contributed by atoms with Crippen molar-refractivity contribution in [2.24, 2.45) is 5.92 Å². The first kappa shape index (κ1) is 17.0. The van der Waals surface area contributed by atoms with Gasteiger partial charge in [-0.05, 0) is 49.3 Å². The topological polar surface area (TPSA) is 41.1 Å². The lowest BCUT2D eigenvalue weighted by atomic mass is 9.83. The Hall–Kier alpha value is -2.17. The summed E-state index contributed by atoms with van der Waals surface area (Å²) < 4.78 is 6.06. The molecular formula is C23H27N3O. The first-order valence-electron chi connectivity index (χ1n) is 10.1. The van der Waals surface area contributed by atoms with E-state index >= 15 is 0 Å². The molecule has 27 heavy (non-hydrogen) atoms. The third-order valence-corrected chi connectivity index (χ3v) is 6.49. The molecule has 2 fully saturated rings. The fraction of sp³-hybridized carbons (Fsp3) is 0.435. The summed E-state index contributed by atoms with van der Waals surface area (Å²) in [6.07, 6.45) is 5.13. The molecule has 1 aromatic heterocycles. The average molecular weight is 361 g/mol. The van der Waals surface area contributed by atoms with E-state index < -0.39 is 0 Å². The summed E-state index contributed by atoms with van der Waals surface area (Å²) in [5, 5.41) is 0. The summed E-state index contributed by atoms with van der Waals surface area (Å²) in [6.45, 7) is 0.891. The first-order chi connectivity index (χ1) is 13.3. The van der Waals surface area contributed by atoms with E-state index in [0.717, 1.165) is 29.8 Å². The monoisotopic (exact) mass is 361 g/mol. The second-order valence-electron chi connectivity index (χ2n) is 8.06. The number of benzene rings is 2. The van der Waals surface area contributed by atoms with Crippen molar-refractivity contribution >= 4 is 11.0 Å². The molecule has 0 spiro atoms. The van der Waals surface area contributed by atoms with Crippen LogP contribution in [0.4, 0.5) is 0 Å². The van der Waals surface area contributed by atoms with Gasteiger partial charge in [-0.1, -0.05) is 42.5 Å². The standard InChI is InChI=1S/C23H27N3O/c1-27-23-17(13-16-7-3-2-4-8-16)14-18-11-12-21(23)26(18)15-22-24-19-9-5-6-10-20(19)25-22/h2-10,17-18,21,23H,11-15H2,1H3,(H,24,25)/t17-,18-,21+,23-/m0/s1. The molecule has 2 aromatic carbocycles. The molecule has 4 heteroatoms. The number of para-hydroxylation sites is 2. The second-order valence-corrected chi connectivity index (χ2v) is 8.06. The minimum absolute atomic E-state index is 0.299. The number of fused-ring (bicyclic) bond motifs is 3. The Kier molecular flexibility index (Phi) is 4.46. The number of nitrogens with one attached hydrogen (secondary N) is 1. The molecule has 2 bridgehead atoms. The van der Waals surface area contributed by atoms with Crippen molar-refractivity contribution in [1.29, 1.82) is 0 Å². The van der Waals surface area contributed by atoms with Crippen molar-refractivity contribution < 1.29 is 4.74 Å². The number of hydrogen-bond acceptors (Lipinski definition) is 3. The lowest BCUT2D eigenvalue weighted by Crippen LogP contribution is -2.52. The summed E-state index contributed by atoms with van der Waals surface area (Å²) in [5.41, 5.74) is 3.61. The van der Waals surface area contributed by atoms with Gasteiger partial charge in [-0.15, -0.1) is 0 Å². The maximum absolute atomic E-state index is 6.06. The van der Waals surface area contributed by atoms with Crippen LogP contribution < -0.4 is 0 Å². The number of H-pyrrole nitrogens is 1. The highest BCUT2D eigenvalue weighted by Gasteiger charge is 2.47. The van der Waals surface area contributed by atoms with Crippen molar-refractivity contribution in [1.82, 2.24) is 14.9 Å². The summed E-state index contributed by atoms with van der Waals surface area (Å²) in [4.78, 5) is 11.0. The molecular weight excluding hydrogens is 334 g/mol. The largest absolute Gasteiger partial charge is 0.380 e.